The fourth-order valence-electron chi connectivity index (χ4n) is 5.27. The zero-order valence-corrected chi connectivity index (χ0v) is 20.7. The fourth-order valence-corrected chi connectivity index (χ4v) is 5.27. The summed E-state index contributed by atoms with van der Waals surface area (Å²) in [6.07, 6.45) is 2.11. The highest BCUT2D eigenvalue weighted by Crippen LogP contribution is 2.35. The number of morpholine rings is 1. The molecule has 0 amide bonds. The molecule has 0 radical (unpaired) electrons. The maximum atomic E-state index is 12.5. The quantitative estimate of drug-likeness (QED) is 0.351. The maximum absolute atomic E-state index is 12.5. The Kier molecular flexibility index (Phi) is 9.51. The van der Waals surface area contributed by atoms with E-state index in [1.54, 1.807) is 0 Å². The number of quaternary nitrogens is 1. The van der Waals surface area contributed by atoms with E-state index >= 15 is 0 Å². The van der Waals surface area contributed by atoms with Crippen molar-refractivity contribution in [2.24, 2.45) is 5.92 Å². The largest absolute Gasteiger partial charge is 1.00 e. The zero-order chi connectivity index (χ0) is 23.1. The van der Waals surface area contributed by atoms with E-state index < -0.39 is 0 Å². The number of rotatable bonds is 5. The minimum atomic E-state index is -0.207. The Balaban J connectivity index is 0.000000212. The molecule has 0 saturated carbocycles. The van der Waals surface area contributed by atoms with Gasteiger partial charge >= 0.3 is 5.97 Å². The molecular weight excluding hydrogens is 452 g/mol. The van der Waals surface area contributed by atoms with Crippen LogP contribution in [0.3, 0.4) is 0 Å². The lowest BCUT2D eigenvalue weighted by Crippen LogP contribution is -3.00. The molecule has 4 fully saturated rings. The number of fused-ring (bicyclic) bond motifs is 3. The summed E-state index contributed by atoms with van der Waals surface area (Å²) >= 11 is 0. The lowest BCUT2D eigenvalue weighted by molar-refractivity contribution is -0.938. The van der Waals surface area contributed by atoms with Crippen molar-refractivity contribution in [1.82, 2.24) is 0 Å². The molecule has 0 aromatic heterocycles. The molecule has 184 valence electrons. The third kappa shape index (κ3) is 6.81. The Bertz CT molecular complexity index is 911. The Hall–Kier alpha value is -2.41. The minimum absolute atomic E-state index is 0. The normalized spacial score (nSPS) is 25.4. The number of piperidine rings is 3. The molecule has 4 aliphatic rings. The summed E-state index contributed by atoms with van der Waals surface area (Å²) in [4.78, 5) is 26.1. The average molecular weight is 487 g/mol. The van der Waals surface area contributed by atoms with Crippen LogP contribution in [0.2, 0.25) is 0 Å². The SMILES string of the molecule is CC(=O)O[C@H]1C[N+]2(CC(=O)c3ccccc3)CCC1CC2.[Cl-].c1ccc(N2CCOCC2)cc1. The summed E-state index contributed by atoms with van der Waals surface area (Å²) in [5.41, 5.74) is 2.09. The lowest BCUT2D eigenvalue weighted by Gasteiger charge is -2.51. The zero-order valence-electron chi connectivity index (χ0n) is 19.9. The molecule has 0 aliphatic carbocycles. The molecule has 1 atom stereocenters. The molecule has 0 unspecified atom stereocenters. The van der Waals surface area contributed by atoms with Gasteiger partial charge in [-0.05, 0) is 12.1 Å². The number of carbonyl (C=O) groups excluding carboxylic acids is 2. The molecule has 2 aromatic carbocycles. The topological polar surface area (TPSA) is 55.8 Å². The summed E-state index contributed by atoms with van der Waals surface area (Å²) < 4.78 is 11.5. The van der Waals surface area contributed by atoms with Crippen LogP contribution in [0.25, 0.3) is 0 Å². The smallest absolute Gasteiger partial charge is 0.303 e. The van der Waals surface area contributed by atoms with Gasteiger partial charge in [0.15, 0.2) is 6.10 Å². The monoisotopic (exact) mass is 486 g/mol. The van der Waals surface area contributed by atoms with E-state index in [2.05, 4.69) is 29.2 Å². The maximum Gasteiger partial charge on any atom is 0.303 e. The predicted octanol–water partition coefficient (Wildman–Crippen LogP) is 0.569. The van der Waals surface area contributed by atoms with Crippen LogP contribution in [-0.2, 0) is 14.3 Å². The Labute approximate surface area is 208 Å². The van der Waals surface area contributed by atoms with Gasteiger partial charge in [-0.15, -0.1) is 0 Å². The van der Waals surface area contributed by atoms with E-state index in [-0.39, 0.29) is 30.3 Å². The number of hydrogen-bond acceptors (Lipinski definition) is 5. The number of para-hydroxylation sites is 1. The van der Waals surface area contributed by atoms with Crippen molar-refractivity contribution < 1.29 is 36.0 Å². The van der Waals surface area contributed by atoms with Crippen LogP contribution in [0.1, 0.15) is 30.1 Å². The molecule has 6 nitrogen and oxygen atoms in total. The van der Waals surface area contributed by atoms with Gasteiger partial charge in [-0.1, -0.05) is 48.5 Å². The van der Waals surface area contributed by atoms with Crippen LogP contribution >= 0.6 is 0 Å². The van der Waals surface area contributed by atoms with Gasteiger partial charge < -0.3 is 31.3 Å². The summed E-state index contributed by atoms with van der Waals surface area (Å²) in [7, 11) is 0. The number of benzene rings is 2. The number of Topliss-reactive ketones (excluding diaryl/α,β-unsaturated/α-hetero) is 1. The molecule has 0 spiro atoms. The van der Waals surface area contributed by atoms with Gasteiger partial charge in [0.25, 0.3) is 0 Å². The number of esters is 1. The summed E-state index contributed by atoms with van der Waals surface area (Å²) in [5, 5.41) is 0. The van der Waals surface area contributed by atoms with Crippen molar-refractivity contribution in [3.05, 3.63) is 66.2 Å². The summed E-state index contributed by atoms with van der Waals surface area (Å²) in [5.74, 6) is 0.472. The van der Waals surface area contributed by atoms with E-state index in [1.807, 2.05) is 36.4 Å². The van der Waals surface area contributed by atoms with E-state index in [9.17, 15) is 9.59 Å². The highest BCUT2D eigenvalue weighted by Gasteiger charge is 2.48. The molecule has 6 rings (SSSR count). The number of ketones is 1. The number of nitrogens with zero attached hydrogens (tertiary/aromatic N) is 2. The Morgan fingerprint density at radius 2 is 1.56 bits per heavy atom. The van der Waals surface area contributed by atoms with Gasteiger partial charge in [0.1, 0.15) is 13.1 Å². The minimum Gasteiger partial charge on any atom is -1.00 e. The molecule has 4 saturated heterocycles. The van der Waals surface area contributed by atoms with Crippen molar-refractivity contribution in [2.45, 2.75) is 25.9 Å². The third-order valence-electron chi connectivity index (χ3n) is 7.07. The Morgan fingerprint density at radius 3 is 2.15 bits per heavy atom. The molecule has 4 heterocycles. The van der Waals surface area contributed by atoms with Crippen LogP contribution in [-0.4, -0.2) is 74.8 Å². The fraction of sp³-hybridized carbons (Fsp3) is 0.481. The number of ether oxygens (including phenoxy) is 2. The van der Waals surface area contributed by atoms with Gasteiger partial charge in [-0.25, -0.2) is 0 Å². The number of anilines is 1. The standard InChI is InChI=1S/C17H22NO3.C10H13NO.ClH/c1-13(19)21-17-12-18(9-7-15(17)8-10-18)11-16(20)14-5-3-2-4-6-14;1-2-4-10(5-3-1)11-6-8-12-9-7-11;/h2-6,15,17H,7-12H2,1H3;1-5H,6-9H2;1H/q+1;;/p-1/t15?,17-,18?;;/m0../s1. The van der Waals surface area contributed by atoms with E-state index in [1.165, 1.54) is 12.6 Å². The number of halogens is 1. The third-order valence-corrected chi connectivity index (χ3v) is 7.07. The van der Waals surface area contributed by atoms with Crippen LogP contribution in [0.4, 0.5) is 5.69 Å². The second kappa shape index (κ2) is 12.3. The van der Waals surface area contributed by atoms with E-state index in [4.69, 9.17) is 9.47 Å². The van der Waals surface area contributed by atoms with Crippen LogP contribution < -0.4 is 17.3 Å². The van der Waals surface area contributed by atoms with Gasteiger partial charge in [0.2, 0.25) is 5.78 Å². The van der Waals surface area contributed by atoms with Crippen molar-refractivity contribution >= 4 is 17.4 Å². The first-order valence-electron chi connectivity index (χ1n) is 12.0. The number of carbonyl (C=O) groups is 2. The van der Waals surface area contributed by atoms with Gasteiger partial charge in [-0.3, -0.25) is 9.59 Å². The molecule has 34 heavy (non-hydrogen) atoms. The van der Waals surface area contributed by atoms with Crippen LogP contribution in [0, 0.1) is 5.92 Å². The molecule has 0 N–H and O–H groups in total. The average Bonchev–Trinajstić information content (AvgIpc) is 2.86. The first-order chi connectivity index (χ1) is 16.0. The molecule has 2 aromatic rings. The molecule has 2 bridgehead atoms. The van der Waals surface area contributed by atoms with Crippen molar-refractivity contribution in [3.63, 3.8) is 0 Å². The van der Waals surface area contributed by atoms with Gasteiger partial charge in [0.05, 0.1) is 26.3 Å². The first-order valence-corrected chi connectivity index (χ1v) is 12.0. The first kappa shape index (κ1) is 26.2. The van der Waals surface area contributed by atoms with Crippen molar-refractivity contribution in [3.8, 4) is 0 Å². The highest BCUT2D eigenvalue weighted by molar-refractivity contribution is 5.96. The van der Waals surface area contributed by atoms with E-state index in [0.717, 1.165) is 68.8 Å². The van der Waals surface area contributed by atoms with Crippen molar-refractivity contribution in [2.75, 3.05) is 57.4 Å². The highest BCUT2D eigenvalue weighted by atomic mass is 35.5. The molecule has 7 heteroatoms. The van der Waals surface area contributed by atoms with E-state index in [0.29, 0.717) is 12.5 Å². The van der Waals surface area contributed by atoms with Gasteiger partial charge in [0, 0.05) is 50.0 Å². The molecular formula is C27H35ClN2O4. The second-order valence-corrected chi connectivity index (χ2v) is 9.34. The predicted molar refractivity (Wildman–Crippen MR) is 128 cm³/mol. The van der Waals surface area contributed by atoms with Gasteiger partial charge in [-0.2, -0.15) is 0 Å². The number of hydrogen-bond donors (Lipinski definition) is 0. The second-order valence-electron chi connectivity index (χ2n) is 9.34. The van der Waals surface area contributed by atoms with Crippen LogP contribution in [0.15, 0.2) is 60.7 Å². The van der Waals surface area contributed by atoms with Crippen LogP contribution in [0.5, 0.6) is 0 Å². The summed E-state index contributed by atoms with van der Waals surface area (Å²) in [6, 6.07) is 20.0. The summed E-state index contributed by atoms with van der Waals surface area (Å²) in [6.45, 7) is 8.59. The molecule has 4 aliphatic heterocycles. The Morgan fingerprint density at radius 1 is 0.971 bits per heavy atom. The van der Waals surface area contributed by atoms with Crippen molar-refractivity contribution in [1.29, 1.82) is 0 Å². The lowest BCUT2D eigenvalue weighted by atomic mass is 9.83.